The average Bonchev–Trinajstić information content (AvgIpc) is 3.60. The minimum Gasteiger partial charge on any atom is -0.481 e. The van der Waals surface area contributed by atoms with Gasteiger partial charge in [0.25, 0.3) is 0 Å². The standard InChI is InChI=1S/C25H32N6O7/c32-21(33)9-8-18(29-22(34)17-7-4-10-27-17)23(35)30-19(12-16-13-26-14-28-16)24(36)31-20(25(37)38)11-15-5-2-1-3-6-15/h1-3,5-6,13-14,17-20,27H,4,7-12H2,(H,26,28)(H,29,34)(H,30,35)(H,31,36)(H,32,33)(H,37,38)/t17-,18-,19-,20-/m0/s1. The normalized spacial score (nSPS) is 17.1. The molecule has 1 aliphatic rings. The van der Waals surface area contributed by atoms with Gasteiger partial charge >= 0.3 is 11.9 Å². The van der Waals surface area contributed by atoms with Gasteiger partial charge in [0, 0.05) is 31.2 Å². The van der Waals surface area contributed by atoms with Crippen molar-refractivity contribution in [2.75, 3.05) is 6.54 Å². The van der Waals surface area contributed by atoms with Crippen LogP contribution in [-0.4, -0.2) is 80.6 Å². The Labute approximate surface area is 218 Å². The molecule has 2 aromatic rings. The molecule has 4 atom stereocenters. The lowest BCUT2D eigenvalue weighted by Gasteiger charge is -2.25. The number of H-pyrrole nitrogens is 1. The van der Waals surface area contributed by atoms with E-state index in [9.17, 15) is 29.1 Å². The molecule has 1 aliphatic heterocycles. The predicted octanol–water partition coefficient (Wildman–Crippen LogP) is -0.649. The molecule has 13 heteroatoms. The van der Waals surface area contributed by atoms with Crippen molar-refractivity contribution in [3.63, 3.8) is 0 Å². The predicted molar refractivity (Wildman–Crippen MR) is 134 cm³/mol. The van der Waals surface area contributed by atoms with E-state index in [4.69, 9.17) is 5.11 Å². The topological polar surface area (TPSA) is 203 Å². The Morgan fingerprint density at radius 2 is 1.66 bits per heavy atom. The summed E-state index contributed by atoms with van der Waals surface area (Å²) in [5.74, 6) is -4.34. The van der Waals surface area contributed by atoms with Crippen molar-refractivity contribution in [2.45, 2.75) is 62.7 Å². The number of aromatic nitrogens is 2. The third kappa shape index (κ3) is 8.69. The van der Waals surface area contributed by atoms with Crippen molar-refractivity contribution < 1.29 is 34.2 Å². The quantitative estimate of drug-likeness (QED) is 0.166. The van der Waals surface area contributed by atoms with E-state index in [0.29, 0.717) is 24.2 Å². The van der Waals surface area contributed by atoms with Gasteiger partial charge in [-0.3, -0.25) is 19.2 Å². The van der Waals surface area contributed by atoms with E-state index < -0.39 is 53.8 Å². The Morgan fingerprint density at radius 1 is 0.947 bits per heavy atom. The molecule has 0 radical (unpaired) electrons. The maximum absolute atomic E-state index is 13.2. The van der Waals surface area contributed by atoms with Crippen LogP contribution in [0.15, 0.2) is 42.9 Å². The second kappa shape index (κ2) is 13.9. The van der Waals surface area contributed by atoms with Crippen LogP contribution in [0.5, 0.6) is 0 Å². The van der Waals surface area contributed by atoms with Gasteiger partial charge in [0.15, 0.2) is 0 Å². The number of benzene rings is 1. The molecule has 0 saturated carbocycles. The summed E-state index contributed by atoms with van der Waals surface area (Å²) in [7, 11) is 0. The molecule has 13 nitrogen and oxygen atoms in total. The molecule has 1 saturated heterocycles. The number of rotatable bonds is 14. The summed E-state index contributed by atoms with van der Waals surface area (Å²) in [6, 6.07) is 4.58. The first-order valence-corrected chi connectivity index (χ1v) is 12.3. The molecular weight excluding hydrogens is 496 g/mol. The Hall–Kier alpha value is -4.26. The number of hydrogen-bond acceptors (Lipinski definition) is 7. The lowest BCUT2D eigenvalue weighted by Crippen LogP contribution is -2.57. The minimum atomic E-state index is -1.26. The summed E-state index contributed by atoms with van der Waals surface area (Å²) >= 11 is 0. The minimum absolute atomic E-state index is 0.0261. The largest absolute Gasteiger partial charge is 0.481 e. The van der Waals surface area contributed by atoms with E-state index in [-0.39, 0.29) is 25.7 Å². The van der Waals surface area contributed by atoms with Crippen LogP contribution in [0, 0.1) is 0 Å². The van der Waals surface area contributed by atoms with Gasteiger partial charge in [-0.15, -0.1) is 0 Å². The average molecular weight is 529 g/mol. The highest BCUT2D eigenvalue weighted by Gasteiger charge is 2.32. The van der Waals surface area contributed by atoms with Crippen molar-refractivity contribution in [1.29, 1.82) is 0 Å². The number of carbonyl (C=O) groups excluding carboxylic acids is 3. The molecule has 2 heterocycles. The van der Waals surface area contributed by atoms with Gasteiger partial charge in [0.1, 0.15) is 18.1 Å². The van der Waals surface area contributed by atoms with Gasteiger partial charge in [0.05, 0.1) is 12.4 Å². The molecule has 204 valence electrons. The molecule has 3 rings (SSSR count). The number of aliphatic carboxylic acids is 2. The highest BCUT2D eigenvalue weighted by Crippen LogP contribution is 2.09. The summed E-state index contributed by atoms with van der Waals surface area (Å²) in [5, 5.41) is 29.4. The zero-order valence-corrected chi connectivity index (χ0v) is 20.7. The van der Waals surface area contributed by atoms with E-state index in [0.717, 1.165) is 6.42 Å². The van der Waals surface area contributed by atoms with E-state index in [1.54, 1.807) is 30.3 Å². The fourth-order valence-electron chi connectivity index (χ4n) is 4.14. The Kier molecular flexibility index (Phi) is 10.3. The van der Waals surface area contributed by atoms with E-state index in [1.807, 2.05) is 0 Å². The highest BCUT2D eigenvalue weighted by atomic mass is 16.4. The molecule has 0 unspecified atom stereocenters. The van der Waals surface area contributed by atoms with E-state index in [2.05, 4.69) is 31.2 Å². The van der Waals surface area contributed by atoms with Gasteiger partial charge < -0.3 is 36.5 Å². The zero-order valence-electron chi connectivity index (χ0n) is 20.7. The van der Waals surface area contributed by atoms with E-state index >= 15 is 0 Å². The first-order valence-electron chi connectivity index (χ1n) is 12.3. The van der Waals surface area contributed by atoms with Crippen molar-refractivity contribution in [3.05, 3.63) is 54.1 Å². The summed E-state index contributed by atoms with van der Waals surface area (Å²) in [5.41, 5.74) is 1.20. The first kappa shape index (κ1) is 28.3. The summed E-state index contributed by atoms with van der Waals surface area (Å²) in [6.07, 6.45) is 3.64. The van der Waals surface area contributed by atoms with Crippen LogP contribution in [0.25, 0.3) is 0 Å². The third-order valence-electron chi connectivity index (χ3n) is 6.17. The number of aromatic amines is 1. The van der Waals surface area contributed by atoms with Crippen LogP contribution in [0.3, 0.4) is 0 Å². The van der Waals surface area contributed by atoms with Gasteiger partial charge in [-0.25, -0.2) is 9.78 Å². The molecule has 0 bridgehead atoms. The summed E-state index contributed by atoms with van der Waals surface area (Å²) < 4.78 is 0. The Balaban J connectivity index is 1.74. The lowest BCUT2D eigenvalue weighted by atomic mass is 10.0. The highest BCUT2D eigenvalue weighted by molar-refractivity contribution is 5.94. The SMILES string of the molecule is O=C(O)CC[C@H](NC(=O)[C@@H]1CCCN1)C(=O)N[C@@H](Cc1cnc[nH]1)C(=O)N[C@@H](Cc1ccccc1)C(=O)O. The second-order valence-corrected chi connectivity index (χ2v) is 9.07. The second-order valence-electron chi connectivity index (χ2n) is 9.07. The van der Waals surface area contributed by atoms with Crippen molar-refractivity contribution >= 4 is 29.7 Å². The Bertz CT molecular complexity index is 1100. The monoisotopic (exact) mass is 528 g/mol. The van der Waals surface area contributed by atoms with Gasteiger partial charge in [-0.2, -0.15) is 0 Å². The number of amides is 3. The molecule has 0 spiro atoms. The van der Waals surface area contributed by atoms with Crippen LogP contribution < -0.4 is 21.3 Å². The number of carboxylic acid groups (broad SMARTS) is 2. The number of carbonyl (C=O) groups is 5. The molecule has 0 aliphatic carbocycles. The van der Waals surface area contributed by atoms with Crippen LogP contribution in [0.1, 0.15) is 36.9 Å². The number of imidazole rings is 1. The van der Waals surface area contributed by atoms with Crippen LogP contribution in [-0.2, 0) is 36.8 Å². The van der Waals surface area contributed by atoms with Gasteiger partial charge in [0.2, 0.25) is 17.7 Å². The molecule has 38 heavy (non-hydrogen) atoms. The number of nitrogens with one attached hydrogen (secondary N) is 5. The first-order chi connectivity index (χ1) is 18.2. The smallest absolute Gasteiger partial charge is 0.326 e. The zero-order chi connectivity index (χ0) is 27.5. The lowest BCUT2D eigenvalue weighted by molar-refractivity contribution is -0.142. The van der Waals surface area contributed by atoms with Crippen molar-refractivity contribution in [2.24, 2.45) is 0 Å². The maximum Gasteiger partial charge on any atom is 0.326 e. The summed E-state index contributed by atoms with van der Waals surface area (Å²) in [6.45, 7) is 0.657. The molecule has 1 fully saturated rings. The Morgan fingerprint density at radius 3 is 2.26 bits per heavy atom. The van der Waals surface area contributed by atoms with Crippen LogP contribution in [0.4, 0.5) is 0 Å². The van der Waals surface area contributed by atoms with Crippen LogP contribution >= 0.6 is 0 Å². The molecule has 1 aromatic heterocycles. The van der Waals surface area contributed by atoms with Gasteiger partial charge in [-0.05, 0) is 31.4 Å². The summed E-state index contributed by atoms with van der Waals surface area (Å²) in [4.78, 5) is 68.8. The molecule has 7 N–H and O–H groups in total. The third-order valence-corrected chi connectivity index (χ3v) is 6.17. The van der Waals surface area contributed by atoms with Crippen molar-refractivity contribution in [3.8, 4) is 0 Å². The molecule has 3 amide bonds. The van der Waals surface area contributed by atoms with Crippen LogP contribution in [0.2, 0.25) is 0 Å². The number of carboxylic acids is 2. The van der Waals surface area contributed by atoms with E-state index in [1.165, 1.54) is 12.5 Å². The molecular formula is C25H32N6O7. The van der Waals surface area contributed by atoms with Gasteiger partial charge in [-0.1, -0.05) is 30.3 Å². The number of hydrogen-bond donors (Lipinski definition) is 7. The number of nitrogens with zero attached hydrogens (tertiary/aromatic N) is 1. The van der Waals surface area contributed by atoms with Crippen molar-refractivity contribution in [1.82, 2.24) is 31.2 Å². The molecule has 1 aromatic carbocycles. The maximum atomic E-state index is 13.2. The fraction of sp³-hybridized carbons (Fsp3) is 0.440. The fourth-order valence-corrected chi connectivity index (χ4v) is 4.14.